The fraction of sp³-hybridized carbons (Fsp3) is 0.571. The predicted molar refractivity (Wildman–Crippen MR) is 77.1 cm³/mol. The zero-order valence-corrected chi connectivity index (χ0v) is 13.4. The average molecular weight is 339 g/mol. The second kappa shape index (κ2) is 7.82. The summed E-state index contributed by atoms with van der Waals surface area (Å²) in [6.45, 7) is 4.60. The van der Waals surface area contributed by atoms with Crippen LogP contribution in [0.3, 0.4) is 0 Å². The summed E-state index contributed by atoms with van der Waals surface area (Å²) in [5, 5.41) is 0. The van der Waals surface area contributed by atoms with Crippen LogP contribution in [0.25, 0.3) is 0 Å². The van der Waals surface area contributed by atoms with Crippen LogP contribution < -0.4 is 4.74 Å². The molecule has 1 rings (SSSR count). The van der Waals surface area contributed by atoms with Crippen LogP contribution >= 0.6 is 0 Å². The fourth-order valence-electron chi connectivity index (χ4n) is 1.90. The van der Waals surface area contributed by atoms with Crippen molar-refractivity contribution in [3.05, 3.63) is 24.3 Å². The normalized spacial score (nSPS) is 12.6. The first-order valence-corrected chi connectivity index (χ1v) is 8.50. The van der Waals surface area contributed by atoms with E-state index in [1.807, 2.05) is 13.8 Å². The number of sulfonamides is 1. The van der Waals surface area contributed by atoms with Crippen molar-refractivity contribution in [2.24, 2.45) is 0 Å². The summed E-state index contributed by atoms with van der Waals surface area (Å²) < 4.78 is 66.4. The van der Waals surface area contributed by atoms with Crippen molar-refractivity contribution in [2.45, 2.75) is 44.4 Å². The molecular weight excluding hydrogens is 319 g/mol. The Morgan fingerprint density at radius 2 is 1.64 bits per heavy atom. The van der Waals surface area contributed by atoms with Gasteiger partial charge in [0.15, 0.2) is 0 Å². The molecule has 0 saturated carbocycles. The molecule has 0 aromatic heterocycles. The number of benzene rings is 1. The Bertz CT molecular complexity index is 556. The molecule has 0 amide bonds. The van der Waals surface area contributed by atoms with Crippen molar-refractivity contribution < 1.29 is 26.3 Å². The Balaban J connectivity index is 2.95. The SMILES string of the molecule is CCCCN(CCC)S(=O)(=O)c1ccc(OC(F)(F)F)cc1. The van der Waals surface area contributed by atoms with E-state index in [4.69, 9.17) is 0 Å². The van der Waals surface area contributed by atoms with E-state index in [-0.39, 0.29) is 4.90 Å². The van der Waals surface area contributed by atoms with E-state index in [2.05, 4.69) is 4.74 Å². The van der Waals surface area contributed by atoms with Crippen molar-refractivity contribution in [1.82, 2.24) is 4.31 Å². The standard InChI is InChI=1S/C14H20F3NO3S/c1-3-5-11-18(10-4-2)22(19,20)13-8-6-12(7-9-13)21-14(15,16)17/h6-9H,3-5,10-11H2,1-2H3. The molecule has 0 aliphatic rings. The second-order valence-electron chi connectivity index (χ2n) is 4.78. The third-order valence-corrected chi connectivity index (χ3v) is 4.84. The Hall–Kier alpha value is -1.28. The van der Waals surface area contributed by atoms with Crippen molar-refractivity contribution in [2.75, 3.05) is 13.1 Å². The molecule has 0 aliphatic heterocycles. The minimum absolute atomic E-state index is 0.0356. The van der Waals surface area contributed by atoms with Crippen LogP contribution in [0, 0.1) is 0 Å². The first-order valence-electron chi connectivity index (χ1n) is 7.06. The molecule has 126 valence electrons. The largest absolute Gasteiger partial charge is 0.573 e. The quantitative estimate of drug-likeness (QED) is 0.724. The highest BCUT2D eigenvalue weighted by molar-refractivity contribution is 7.89. The van der Waals surface area contributed by atoms with Crippen LogP contribution in [0.5, 0.6) is 5.75 Å². The van der Waals surface area contributed by atoms with Crippen LogP contribution in [0.1, 0.15) is 33.1 Å². The molecule has 0 aliphatic carbocycles. The smallest absolute Gasteiger partial charge is 0.406 e. The van der Waals surface area contributed by atoms with E-state index in [9.17, 15) is 21.6 Å². The monoisotopic (exact) mass is 339 g/mol. The number of unbranched alkanes of at least 4 members (excludes halogenated alkanes) is 1. The van der Waals surface area contributed by atoms with Gasteiger partial charge in [-0.25, -0.2) is 8.42 Å². The summed E-state index contributed by atoms with van der Waals surface area (Å²) in [6, 6.07) is 4.27. The molecule has 0 saturated heterocycles. The van der Waals surface area contributed by atoms with Gasteiger partial charge in [0, 0.05) is 13.1 Å². The van der Waals surface area contributed by atoms with Crippen LogP contribution in [-0.4, -0.2) is 32.2 Å². The Kier molecular flexibility index (Phi) is 6.67. The van der Waals surface area contributed by atoms with Crippen LogP contribution in [0.4, 0.5) is 13.2 Å². The van der Waals surface area contributed by atoms with Gasteiger partial charge in [-0.1, -0.05) is 20.3 Å². The maximum Gasteiger partial charge on any atom is 0.573 e. The Morgan fingerprint density at radius 1 is 1.05 bits per heavy atom. The summed E-state index contributed by atoms with van der Waals surface area (Å²) in [6.07, 6.45) is -2.55. The molecule has 22 heavy (non-hydrogen) atoms. The van der Waals surface area contributed by atoms with E-state index < -0.39 is 22.1 Å². The first kappa shape index (κ1) is 18.8. The van der Waals surface area contributed by atoms with Crippen molar-refractivity contribution in [3.63, 3.8) is 0 Å². The van der Waals surface area contributed by atoms with Gasteiger partial charge in [-0.05, 0) is 37.1 Å². The first-order chi connectivity index (χ1) is 10.2. The molecule has 0 bridgehead atoms. The minimum Gasteiger partial charge on any atom is -0.406 e. The summed E-state index contributed by atoms with van der Waals surface area (Å²) in [7, 11) is -3.70. The highest BCUT2D eigenvalue weighted by atomic mass is 32.2. The van der Waals surface area contributed by atoms with Gasteiger partial charge in [-0.15, -0.1) is 13.2 Å². The lowest BCUT2D eigenvalue weighted by atomic mass is 10.3. The van der Waals surface area contributed by atoms with Gasteiger partial charge >= 0.3 is 6.36 Å². The van der Waals surface area contributed by atoms with Crippen molar-refractivity contribution in [1.29, 1.82) is 0 Å². The molecular formula is C14H20F3NO3S. The van der Waals surface area contributed by atoms with Gasteiger partial charge in [-0.3, -0.25) is 0 Å². The molecule has 8 heteroatoms. The average Bonchev–Trinajstić information content (AvgIpc) is 2.42. The summed E-state index contributed by atoms with van der Waals surface area (Å²) >= 11 is 0. The maximum atomic E-state index is 12.5. The summed E-state index contributed by atoms with van der Waals surface area (Å²) in [4.78, 5) is -0.0356. The van der Waals surface area contributed by atoms with E-state index in [0.717, 1.165) is 37.1 Å². The number of alkyl halides is 3. The minimum atomic E-state index is -4.80. The van der Waals surface area contributed by atoms with E-state index in [1.54, 1.807) is 0 Å². The number of halogens is 3. The van der Waals surface area contributed by atoms with E-state index in [0.29, 0.717) is 19.5 Å². The third kappa shape index (κ3) is 5.49. The summed E-state index contributed by atoms with van der Waals surface area (Å²) in [5.41, 5.74) is 0. The highest BCUT2D eigenvalue weighted by Gasteiger charge is 2.31. The lowest BCUT2D eigenvalue weighted by molar-refractivity contribution is -0.274. The number of nitrogens with zero attached hydrogens (tertiary/aromatic N) is 1. The molecule has 0 N–H and O–H groups in total. The Morgan fingerprint density at radius 3 is 2.09 bits per heavy atom. The van der Waals surface area contributed by atoms with Gasteiger partial charge in [0.1, 0.15) is 5.75 Å². The molecule has 0 unspecified atom stereocenters. The van der Waals surface area contributed by atoms with Gasteiger partial charge in [0.05, 0.1) is 4.90 Å². The van der Waals surface area contributed by atoms with Crippen LogP contribution in [0.15, 0.2) is 29.2 Å². The number of rotatable bonds is 8. The summed E-state index contributed by atoms with van der Waals surface area (Å²) in [5.74, 6) is -0.443. The topological polar surface area (TPSA) is 46.6 Å². The van der Waals surface area contributed by atoms with Crippen molar-refractivity contribution >= 4 is 10.0 Å². The van der Waals surface area contributed by atoms with Gasteiger partial charge in [-0.2, -0.15) is 4.31 Å². The lowest BCUT2D eigenvalue weighted by Crippen LogP contribution is -2.32. The number of hydrogen-bond acceptors (Lipinski definition) is 3. The molecule has 0 radical (unpaired) electrons. The van der Waals surface area contributed by atoms with Crippen LogP contribution in [0.2, 0.25) is 0 Å². The van der Waals surface area contributed by atoms with Gasteiger partial charge < -0.3 is 4.74 Å². The second-order valence-corrected chi connectivity index (χ2v) is 6.71. The molecule has 0 atom stereocenters. The molecule has 0 heterocycles. The molecule has 4 nitrogen and oxygen atoms in total. The number of ether oxygens (including phenoxy) is 1. The van der Waals surface area contributed by atoms with Crippen molar-refractivity contribution in [3.8, 4) is 5.75 Å². The highest BCUT2D eigenvalue weighted by Crippen LogP contribution is 2.25. The zero-order chi connectivity index (χ0) is 16.8. The van der Waals surface area contributed by atoms with Gasteiger partial charge in [0.2, 0.25) is 10.0 Å². The zero-order valence-electron chi connectivity index (χ0n) is 12.6. The molecule has 0 spiro atoms. The van der Waals surface area contributed by atoms with Crippen LogP contribution in [-0.2, 0) is 10.0 Å². The fourth-order valence-corrected chi connectivity index (χ4v) is 3.47. The van der Waals surface area contributed by atoms with E-state index in [1.165, 1.54) is 4.31 Å². The predicted octanol–water partition coefficient (Wildman–Crippen LogP) is 3.79. The number of hydrogen-bond donors (Lipinski definition) is 0. The molecule has 1 aromatic carbocycles. The third-order valence-electron chi connectivity index (χ3n) is 2.93. The Labute approximate surface area is 128 Å². The maximum absolute atomic E-state index is 12.5. The van der Waals surface area contributed by atoms with E-state index >= 15 is 0 Å². The lowest BCUT2D eigenvalue weighted by Gasteiger charge is -2.21. The molecule has 0 fully saturated rings. The van der Waals surface area contributed by atoms with Gasteiger partial charge in [0.25, 0.3) is 0 Å². The molecule has 1 aromatic rings.